The van der Waals surface area contributed by atoms with Crippen molar-refractivity contribution < 1.29 is 14.7 Å². The van der Waals surface area contributed by atoms with E-state index in [0.717, 1.165) is 11.1 Å². The molecule has 0 saturated heterocycles. The molecule has 8 N–H and O–H groups in total. The van der Waals surface area contributed by atoms with Gasteiger partial charge in [-0.25, -0.2) is 0 Å². The number of aliphatic imine (C=N–C) groups is 1. The maximum absolute atomic E-state index is 14.2. The van der Waals surface area contributed by atoms with Gasteiger partial charge in [0.1, 0.15) is 0 Å². The van der Waals surface area contributed by atoms with Crippen LogP contribution in [0.1, 0.15) is 41.5 Å². The fraction of sp³-hybridized carbons (Fsp3) is 0.250. The summed E-state index contributed by atoms with van der Waals surface area (Å²) in [5, 5.41) is 12.8. The minimum Gasteiger partial charge on any atom is -0.394 e. The van der Waals surface area contributed by atoms with Gasteiger partial charge in [-0.3, -0.25) is 14.6 Å². The van der Waals surface area contributed by atoms with Crippen molar-refractivity contribution in [3.63, 3.8) is 0 Å². The van der Waals surface area contributed by atoms with Gasteiger partial charge in [0.2, 0.25) is 5.91 Å². The zero-order valence-corrected chi connectivity index (χ0v) is 20.1. The lowest BCUT2D eigenvalue weighted by molar-refractivity contribution is -0.137. The molecule has 0 saturated carbocycles. The van der Waals surface area contributed by atoms with Gasteiger partial charge in [-0.15, -0.1) is 0 Å². The van der Waals surface area contributed by atoms with E-state index in [0.29, 0.717) is 12.0 Å². The number of ketones is 1. The predicted octanol–water partition coefficient (Wildman–Crippen LogP) is 1.99. The highest BCUT2D eigenvalue weighted by Gasteiger charge is 2.46. The molecular formula is C28H33N5O3. The standard InChI is InChI=1S/C28H33N5O3/c29-27(30)32-18-10-17-28(31,26(36)33-23(19-34)20-11-4-1-5-12-20)25(35)24(21-13-6-2-7-14-21)22-15-8-3-9-16-22/h1-9,11-16,23-24,34H,10,17-19,31H2,(H,33,36)(H4,29,30,32)/t23?,28-/m1/s1. The van der Waals surface area contributed by atoms with E-state index in [4.69, 9.17) is 17.2 Å². The number of carbonyl (C=O) groups excluding carboxylic acids is 2. The molecule has 2 atom stereocenters. The Kier molecular flexibility index (Phi) is 9.32. The number of carbonyl (C=O) groups is 2. The fourth-order valence-corrected chi connectivity index (χ4v) is 4.17. The molecule has 1 amide bonds. The monoisotopic (exact) mass is 487 g/mol. The summed E-state index contributed by atoms with van der Waals surface area (Å²) in [6, 6.07) is 26.8. The maximum Gasteiger partial charge on any atom is 0.248 e. The second-order valence-corrected chi connectivity index (χ2v) is 8.62. The van der Waals surface area contributed by atoms with E-state index >= 15 is 0 Å². The Morgan fingerprint density at radius 2 is 1.31 bits per heavy atom. The molecule has 0 aliphatic rings. The average Bonchev–Trinajstić information content (AvgIpc) is 2.91. The molecule has 0 bridgehead atoms. The molecule has 1 unspecified atom stereocenters. The first-order valence-electron chi connectivity index (χ1n) is 11.8. The van der Waals surface area contributed by atoms with E-state index in [-0.39, 0.29) is 25.5 Å². The first-order chi connectivity index (χ1) is 17.4. The second-order valence-electron chi connectivity index (χ2n) is 8.62. The van der Waals surface area contributed by atoms with Crippen LogP contribution in [-0.2, 0) is 9.59 Å². The number of aliphatic hydroxyl groups is 1. The van der Waals surface area contributed by atoms with Gasteiger partial charge < -0.3 is 27.6 Å². The molecule has 3 aromatic carbocycles. The quantitative estimate of drug-likeness (QED) is 0.114. The second kappa shape index (κ2) is 12.6. The number of benzene rings is 3. The van der Waals surface area contributed by atoms with Gasteiger partial charge in [0, 0.05) is 6.54 Å². The van der Waals surface area contributed by atoms with Crippen molar-refractivity contribution in [3.05, 3.63) is 108 Å². The number of guanidine groups is 1. The zero-order valence-electron chi connectivity index (χ0n) is 20.1. The lowest BCUT2D eigenvalue weighted by atomic mass is 9.76. The van der Waals surface area contributed by atoms with E-state index < -0.39 is 29.2 Å². The van der Waals surface area contributed by atoms with Crippen molar-refractivity contribution in [3.8, 4) is 0 Å². The number of amides is 1. The topological polar surface area (TPSA) is 157 Å². The Labute approximate surface area is 211 Å². The molecule has 8 heteroatoms. The molecule has 0 heterocycles. The van der Waals surface area contributed by atoms with Crippen LogP contribution in [0.4, 0.5) is 0 Å². The number of aliphatic hydroxyl groups excluding tert-OH is 1. The molecule has 36 heavy (non-hydrogen) atoms. The van der Waals surface area contributed by atoms with Gasteiger partial charge in [-0.2, -0.15) is 0 Å². The Morgan fingerprint density at radius 1 is 0.833 bits per heavy atom. The Morgan fingerprint density at radius 3 is 1.75 bits per heavy atom. The highest BCUT2D eigenvalue weighted by molar-refractivity contribution is 6.14. The smallest absolute Gasteiger partial charge is 0.248 e. The Balaban J connectivity index is 1.99. The van der Waals surface area contributed by atoms with E-state index in [1.54, 1.807) is 24.3 Å². The molecule has 188 valence electrons. The van der Waals surface area contributed by atoms with Gasteiger partial charge in [0.15, 0.2) is 17.3 Å². The lowest BCUT2D eigenvalue weighted by Gasteiger charge is -2.32. The minimum atomic E-state index is -1.91. The van der Waals surface area contributed by atoms with Gasteiger partial charge in [0.05, 0.1) is 18.6 Å². The molecule has 0 aromatic heterocycles. The van der Waals surface area contributed by atoms with Crippen LogP contribution in [0, 0.1) is 0 Å². The van der Waals surface area contributed by atoms with Crippen LogP contribution < -0.4 is 22.5 Å². The van der Waals surface area contributed by atoms with Gasteiger partial charge in [0.25, 0.3) is 0 Å². The van der Waals surface area contributed by atoms with Crippen LogP contribution in [0.5, 0.6) is 0 Å². The number of Topliss-reactive ketones (excluding diaryl/α,β-unsaturated/α-hetero) is 1. The summed E-state index contributed by atoms with van der Waals surface area (Å²) in [5.74, 6) is -1.97. The molecular weight excluding hydrogens is 454 g/mol. The van der Waals surface area contributed by atoms with Gasteiger partial charge in [-0.1, -0.05) is 91.0 Å². The first-order valence-corrected chi connectivity index (χ1v) is 11.8. The van der Waals surface area contributed by atoms with Gasteiger partial charge >= 0.3 is 0 Å². The molecule has 0 fully saturated rings. The third kappa shape index (κ3) is 6.56. The number of nitrogens with two attached hydrogens (primary N) is 3. The minimum absolute atomic E-state index is 0.0115. The molecule has 0 radical (unpaired) electrons. The number of nitrogens with zero attached hydrogens (tertiary/aromatic N) is 1. The van der Waals surface area contributed by atoms with E-state index in [9.17, 15) is 14.7 Å². The Hall–Kier alpha value is -4.01. The summed E-state index contributed by atoms with van der Waals surface area (Å²) >= 11 is 0. The molecule has 0 spiro atoms. The fourth-order valence-electron chi connectivity index (χ4n) is 4.17. The number of hydrogen-bond acceptors (Lipinski definition) is 5. The summed E-state index contributed by atoms with van der Waals surface area (Å²) in [7, 11) is 0. The van der Waals surface area contributed by atoms with Crippen LogP contribution in [0.15, 0.2) is 96.0 Å². The lowest BCUT2D eigenvalue weighted by Crippen LogP contribution is -2.61. The van der Waals surface area contributed by atoms with E-state index in [1.807, 2.05) is 66.7 Å². The molecule has 3 aromatic rings. The van der Waals surface area contributed by atoms with Crippen molar-refractivity contribution in [2.24, 2.45) is 22.2 Å². The van der Waals surface area contributed by atoms with Crippen molar-refractivity contribution in [1.82, 2.24) is 5.32 Å². The summed E-state index contributed by atoms with van der Waals surface area (Å²) in [6.45, 7) is -0.139. The van der Waals surface area contributed by atoms with Crippen molar-refractivity contribution >= 4 is 17.6 Å². The van der Waals surface area contributed by atoms with E-state index in [1.165, 1.54) is 0 Å². The summed E-state index contributed by atoms with van der Waals surface area (Å²) in [5.41, 5.74) is 17.8. The Bertz CT molecular complexity index is 1110. The molecule has 0 aliphatic heterocycles. The van der Waals surface area contributed by atoms with Crippen LogP contribution in [0.2, 0.25) is 0 Å². The number of nitrogens with one attached hydrogen (secondary N) is 1. The number of rotatable bonds is 12. The SMILES string of the molecule is NC(N)=NCCC[C@](N)(C(=O)NC(CO)c1ccccc1)C(=O)C(c1ccccc1)c1ccccc1. The van der Waals surface area contributed by atoms with Crippen LogP contribution in [-0.4, -0.2) is 41.4 Å². The van der Waals surface area contributed by atoms with Gasteiger partial charge in [-0.05, 0) is 29.5 Å². The van der Waals surface area contributed by atoms with E-state index in [2.05, 4.69) is 10.3 Å². The third-order valence-electron chi connectivity index (χ3n) is 6.09. The van der Waals surface area contributed by atoms with Crippen molar-refractivity contribution in [2.45, 2.75) is 30.3 Å². The zero-order chi connectivity index (χ0) is 26.0. The third-order valence-corrected chi connectivity index (χ3v) is 6.09. The predicted molar refractivity (Wildman–Crippen MR) is 141 cm³/mol. The average molecular weight is 488 g/mol. The summed E-state index contributed by atoms with van der Waals surface area (Å²) in [4.78, 5) is 31.9. The van der Waals surface area contributed by atoms with Crippen LogP contribution >= 0.6 is 0 Å². The van der Waals surface area contributed by atoms with Crippen molar-refractivity contribution in [1.29, 1.82) is 0 Å². The van der Waals surface area contributed by atoms with Crippen LogP contribution in [0.25, 0.3) is 0 Å². The largest absolute Gasteiger partial charge is 0.394 e. The molecule has 8 nitrogen and oxygen atoms in total. The molecule has 3 rings (SSSR count). The number of hydrogen-bond donors (Lipinski definition) is 5. The highest BCUT2D eigenvalue weighted by Crippen LogP contribution is 2.31. The molecule has 0 aliphatic carbocycles. The van der Waals surface area contributed by atoms with Crippen LogP contribution in [0.3, 0.4) is 0 Å². The maximum atomic E-state index is 14.2. The summed E-state index contributed by atoms with van der Waals surface area (Å²) in [6.07, 6.45) is 0.316. The van der Waals surface area contributed by atoms with Crippen molar-refractivity contribution in [2.75, 3.05) is 13.2 Å². The summed E-state index contributed by atoms with van der Waals surface area (Å²) < 4.78 is 0. The normalized spacial score (nSPS) is 13.4. The highest BCUT2D eigenvalue weighted by atomic mass is 16.3. The first kappa shape index (κ1) is 26.6.